The van der Waals surface area contributed by atoms with E-state index in [0.717, 1.165) is 5.39 Å². The molecule has 0 spiro atoms. The van der Waals surface area contributed by atoms with E-state index in [2.05, 4.69) is 10.5 Å². The first-order valence-electron chi connectivity index (χ1n) is 8.34. The van der Waals surface area contributed by atoms with Gasteiger partial charge in [0, 0.05) is 5.39 Å². The standard InChI is InChI=1S/C20H19ClN2O4/c1-12(2)26-19-15(21)8-13(9-17(19)25-3)11-22-23-20(24)18-10-14-6-4-5-7-16(14)27-18/h4-12H,1-3H3,(H,23,24). The van der Waals surface area contributed by atoms with Gasteiger partial charge in [0.2, 0.25) is 0 Å². The number of hydrogen-bond acceptors (Lipinski definition) is 5. The van der Waals surface area contributed by atoms with E-state index in [1.807, 2.05) is 32.0 Å². The fourth-order valence-corrected chi connectivity index (χ4v) is 2.74. The van der Waals surface area contributed by atoms with Crippen LogP contribution in [0.25, 0.3) is 11.0 Å². The molecule has 0 fully saturated rings. The Balaban J connectivity index is 1.73. The maximum absolute atomic E-state index is 12.2. The molecule has 0 atom stereocenters. The Hall–Kier alpha value is -2.99. The Labute approximate surface area is 161 Å². The van der Waals surface area contributed by atoms with E-state index >= 15 is 0 Å². The first-order valence-corrected chi connectivity index (χ1v) is 8.72. The van der Waals surface area contributed by atoms with Gasteiger partial charge in [0.15, 0.2) is 17.3 Å². The van der Waals surface area contributed by atoms with Gasteiger partial charge in [-0.25, -0.2) is 5.43 Å². The number of hydrogen-bond donors (Lipinski definition) is 1. The summed E-state index contributed by atoms with van der Waals surface area (Å²) in [5, 5.41) is 5.20. The van der Waals surface area contributed by atoms with E-state index in [4.69, 9.17) is 25.5 Å². The number of methoxy groups -OCH3 is 1. The molecule has 140 valence electrons. The first kappa shape index (κ1) is 18.8. The highest BCUT2D eigenvalue weighted by Crippen LogP contribution is 2.36. The van der Waals surface area contributed by atoms with Crippen LogP contribution in [0.2, 0.25) is 5.02 Å². The zero-order valence-electron chi connectivity index (χ0n) is 15.2. The summed E-state index contributed by atoms with van der Waals surface area (Å²) in [4.78, 5) is 12.2. The van der Waals surface area contributed by atoms with E-state index in [0.29, 0.717) is 27.7 Å². The lowest BCUT2D eigenvalue weighted by Gasteiger charge is -2.15. The monoisotopic (exact) mass is 386 g/mol. The SMILES string of the molecule is COc1cc(C=NNC(=O)c2cc3ccccc3o2)cc(Cl)c1OC(C)C. The number of hydrazone groups is 1. The van der Waals surface area contributed by atoms with E-state index in [1.165, 1.54) is 13.3 Å². The van der Waals surface area contributed by atoms with Gasteiger partial charge in [-0.15, -0.1) is 0 Å². The third-order valence-corrected chi connectivity index (χ3v) is 3.92. The largest absolute Gasteiger partial charge is 0.493 e. The average molecular weight is 387 g/mol. The number of carbonyl (C=O) groups is 1. The summed E-state index contributed by atoms with van der Waals surface area (Å²) in [6.45, 7) is 3.80. The van der Waals surface area contributed by atoms with Gasteiger partial charge >= 0.3 is 5.91 Å². The Morgan fingerprint density at radius 2 is 2.04 bits per heavy atom. The number of halogens is 1. The van der Waals surface area contributed by atoms with Crippen LogP contribution in [-0.4, -0.2) is 25.3 Å². The normalized spacial score (nSPS) is 11.3. The quantitative estimate of drug-likeness (QED) is 0.494. The minimum absolute atomic E-state index is 0.0426. The predicted molar refractivity (Wildman–Crippen MR) is 105 cm³/mol. The Bertz CT molecular complexity index is 962. The van der Waals surface area contributed by atoms with Crippen LogP contribution in [-0.2, 0) is 0 Å². The van der Waals surface area contributed by atoms with Gasteiger partial charge in [-0.3, -0.25) is 4.79 Å². The molecular weight excluding hydrogens is 368 g/mol. The molecule has 0 saturated carbocycles. The number of carbonyl (C=O) groups excluding carboxylic acids is 1. The molecule has 1 aromatic heterocycles. The topological polar surface area (TPSA) is 73.1 Å². The lowest BCUT2D eigenvalue weighted by atomic mass is 10.2. The molecule has 0 saturated heterocycles. The molecule has 0 unspecified atom stereocenters. The molecule has 1 amide bonds. The minimum atomic E-state index is -0.444. The van der Waals surface area contributed by atoms with Crippen LogP contribution in [0.15, 0.2) is 52.0 Å². The van der Waals surface area contributed by atoms with Crippen LogP contribution in [0.1, 0.15) is 30.0 Å². The summed E-state index contributed by atoms with van der Waals surface area (Å²) < 4.78 is 16.5. The van der Waals surface area contributed by atoms with Gasteiger partial charge in [-0.1, -0.05) is 29.8 Å². The second-order valence-electron chi connectivity index (χ2n) is 6.05. The van der Waals surface area contributed by atoms with Gasteiger partial charge in [0.1, 0.15) is 5.58 Å². The summed E-state index contributed by atoms with van der Waals surface area (Å²) in [6, 6.07) is 12.5. The molecule has 2 aromatic carbocycles. The number of furan rings is 1. The molecule has 0 bridgehead atoms. The Kier molecular flexibility index (Phi) is 5.66. The van der Waals surface area contributed by atoms with E-state index in [-0.39, 0.29) is 11.9 Å². The number of nitrogens with one attached hydrogen (secondary N) is 1. The molecule has 27 heavy (non-hydrogen) atoms. The fraction of sp³-hybridized carbons (Fsp3) is 0.200. The predicted octanol–water partition coefficient (Wildman–Crippen LogP) is 4.65. The van der Waals surface area contributed by atoms with E-state index in [1.54, 1.807) is 24.3 Å². The maximum atomic E-state index is 12.2. The molecule has 3 rings (SSSR count). The number of nitrogens with zero attached hydrogens (tertiary/aromatic N) is 1. The van der Waals surface area contributed by atoms with Crippen LogP contribution >= 0.6 is 11.6 Å². The second-order valence-corrected chi connectivity index (χ2v) is 6.46. The number of benzene rings is 2. The van der Waals surface area contributed by atoms with Crippen LogP contribution in [0.5, 0.6) is 11.5 Å². The summed E-state index contributed by atoms with van der Waals surface area (Å²) in [5.41, 5.74) is 3.73. The van der Waals surface area contributed by atoms with Crippen molar-refractivity contribution >= 4 is 34.7 Å². The van der Waals surface area contributed by atoms with Crippen LogP contribution < -0.4 is 14.9 Å². The molecule has 0 aliphatic rings. The molecule has 0 aliphatic heterocycles. The van der Waals surface area contributed by atoms with Gasteiger partial charge < -0.3 is 13.9 Å². The molecule has 1 heterocycles. The lowest BCUT2D eigenvalue weighted by Crippen LogP contribution is -2.16. The van der Waals surface area contributed by atoms with E-state index < -0.39 is 5.91 Å². The number of amides is 1. The number of ether oxygens (including phenoxy) is 2. The zero-order chi connectivity index (χ0) is 19.4. The third kappa shape index (κ3) is 4.41. The van der Waals surface area contributed by atoms with Crippen molar-refractivity contribution in [2.75, 3.05) is 7.11 Å². The number of para-hydroxylation sites is 1. The number of fused-ring (bicyclic) bond motifs is 1. The van der Waals surface area contributed by atoms with Crippen molar-refractivity contribution in [2.45, 2.75) is 20.0 Å². The Morgan fingerprint density at radius 1 is 1.26 bits per heavy atom. The highest BCUT2D eigenvalue weighted by Gasteiger charge is 2.14. The van der Waals surface area contributed by atoms with Crippen molar-refractivity contribution in [3.8, 4) is 11.5 Å². The van der Waals surface area contributed by atoms with Crippen molar-refractivity contribution in [1.82, 2.24) is 5.43 Å². The van der Waals surface area contributed by atoms with Gasteiger partial charge in [0.25, 0.3) is 0 Å². The molecule has 1 N–H and O–H groups in total. The van der Waals surface area contributed by atoms with Crippen molar-refractivity contribution in [1.29, 1.82) is 0 Å². The summed E-state index contributed by atoms with van der Waals surface area (Å²) in [6.07, 6.45) is 1.42. The highest BCUT2D eigenvalue weighted by molar-refractivity contribution is 6.32. The average Bonchev–Trinajstić information content (AvgIpc) is 3.07. The maximum Gasteiger partial charge on any atom is 0.307 e. The van der Waals surface area contributed by atoms with Gasteiger partial charge in [-0.2, -0.15) is 5.10 Å². The smallest absolute Gasteiger partial charge is 0.307 e. The molecule has 3 aromatic rings. The van der Waals surface area contributed by atoms with Crippen molar-refractivity contribution in [3.05, 3.63) is 58.8 Å². The number of rotatable bonds is 6. The first-order chi connectivity index (χ1) is 13.0. The van der Waals surface area contributed by atoms with E-state index in [9.17, 15) is 4.79 Å². The second kappa shape index (κ2) is 8.14. The summed E-state index contributed by atoms with van der Waals surface area (Å²) in [7, 11) is 1.53. The zero-order valence-corrected chi connectivity index (χ0v) is 15.9. The van der Waals surface area contributed by atoms with Crippen LogP contribution in [0.4, 0.5) is 0 Å². The van der Waals surface area contributed by atoms with Crippen molar-refractivity contribution in [2.24, 2.45) is 5.10 Å². The summed E-state index contributed by atoms with van der Waals surface area (Å²) in [5.74, 6) is 0.698. The van der Waals surface area contributed by atoms with Crippen molar-refractivity contribution < 1.29 is 18.7 Å². The lowest BCUT2D eigenvalue weighted by molar-refractivity contribution is 0.0929. The molecule has 7 heteroatoms. The minimum Gasteiger partial charge on any atom is -0.493 e. The third-order valence-electron chi connectivity index (χ3n) is 3.63. The van der Waals surface area contributed by atoms with Crippen LogP contribution in [0.3, 0.4) is 0 Å². The highest BCUT2D eigenvalue weighted by atomic mass is 35.5. The Morgan fingerprint density at radius 3 is 2.74 bits per heavy atom. The van der Waals surface area contributed by atoms with Crippen LogP contribution in [0, 0.1) is 0 Å². The van der Waals surface area contributed by atoms with Gasteiger partial charge in [0.05, 0.1) is 24.5 Å². The summed E-state index contributed by atoms with van der Waals surface area (Å²) >= 11 is 6.27. The molecule has 6 nitrogen and oxygen atoms in total. The van der Waals surface area contributed by atoms with Crippen molar-refractivity contribution in [3.63, 3.8) is 0 Å². The van der Waals surface area contributed by atoms with Gasteiger partial charge in [-0.05, 0) is 43.7 Å². The fourth-order valence-electron chi connectivity index (χ4n) is 2.48. The molecule has 0 aliphatic carbocycles. The molecule has 0 radical (unpaired) electrons. The molecular formula is C20H19ClN2O4.